The Balaban J connectivity index is 2.36. The molecule has 0 saturated heterocycles. The first-order valence-corrected chi connectivity index (χ1v) is 6.70. The number of unbranched alkanes of at least 4 members (excludes halogenated alkanes) is 1. The number of rotatable bonds is 6. The summed E-state index contributed by atoms with van der Waals surface area (Å²) in [6.45, 7) is 6.15. The standard InChI is InChI=1S/C14H24O3/c1-3-4-10-17-14(16)11(2)13(15)12-8-6-5-7-9-12/h12-13,15H,2-10H2,1H3. The van der Waals surface area contributed by atoms with E-state index in [0.717, 1.165) is 38.5 Å². The minimum absolute atomic E-state index is 0.190. The summed E-state index contributed by atoms with van der Waals surface area (Å²) in [6.07, 6.45) is 6.62. The lowest BCUT2D eigenvalue weighted by Gasteiger charge is -2.27. The molecule has 1 saturated carbocycles. The summed E-state index contributed by atoms with van der Waals surface area (Å²) in [5.41, 5.74) is 0.230. The molecule has 0 spiro atoms. The van der Waals surface area contributed by atoms with E-state index in [9.17, 15) is 9.90 Å². The smallest absolute Gasteiger partial charge is 0.336 e. The summed E-state index contributed by atoms with van der Waals surface area (Å²) in [6, 6.07) is 0. The maximum atomic E-state index is 11.6. The summed E-state index contributed by atoms with van der Waals surface area (Å²) in [7, 11) is 0. The van der Waals surface area contributed by atoms with Gasteiger partial charge >= 0.3 is 5.97 Å². The second kappa shape index (κ2) is 7.49. The van der Waals surface area contributed by atoms with Gasteiger partial charge < -0.3 is 9.84 Å². The first-order valence-electron chi connectivity index (χ1n) is 6.70. The van der Waals surface area contributed by atoms with Gasteiger partial charge in [0, 0.05) is 0 Å². The van der Waals surface area contributed by atoms with E-state index in [1.807, 2.05) is 6.92 Å². The quantitative estimate of drug-likeness (QED) is 0.441. The van der Waals surface area contributed by atoms with Crippen LogP contribution in [0.2, 0.25) is 0 Å². The van der Waals surface area contributed by atoms with Crippen LogP contribution >= 0.6 is 0 Å². The zero-order valence-electron chi connectivity index (χ0n) is 10.8. The first-order chi connectivity index (χ1) is 8.16. The van der Waals surface area contributed by atoms with Crippen molar-refractivity contribution in [2.45, 2.75) is 58.0 Å². The highest BCUT2D eigenvalue weighted by atomic mass is 16.5. The maximum absolute atomic E-state index is 11.6. The van der Waals surface area contributed by atoms with E-state index >= 15 is 0 Å². The number of ether oxygens (including phenoxy) is 1. The predicted octanol–water partition coefficient (Wildman–Crippen LogP) is 2.83. The van der Waals surface area contributed by atoms with Crippen LogP contribution in [0.3, 0.4) is 0 Å². The average Bonchev–Trinajstić information content (AvgIpc) is 2.38. The highest BCUT2D eigenvalue weighted by Crippen LogP contribution is 2.29. The van der Waals surface area contributed by atoms with Crippen LogP contribution in [-0.2, 0) is 9.53 Å². The van der Waals surface area contributed by atoms with Crippen LogP contribution in [0.15, 0.2) is 12.2 Å². The van der Waals surface area contributed by atoms with E-state index < -0.39 is 12.1 Å². The largest absolute Gasteiger partial charge is 0.462 e. The molecule has 1 unspecified atom stereocenters. The first kappa shape index (κ1) is 14.2. The average molecular weight is 240 g/mol. The molecule has 1 atom stereocenters. The second-order valence-corrected chi connectivity index (χ2v) is 4.86. The van der Waals surface area contributed by atoms with Gasteiger partial charge in [-0.15, -0.1) is 0 Å². The number of aliphatic hydroxyl groups excluding tert-OH is 1. The fraction of sp³-hybridized carbons (Fsp3) is 0.786. The van der Waals surface area contributed by atoms with Crippen LogP contribution in [0.25, 0.3) is 0 Å². The van der Waals surface area contributed by atoms with Crippen LogP contribution in [0.5, 0.6) is 0 Å². The van der Waals surface area contributed by atoms with E-state index in [0.29, 0.717) is 6.61 Å². The van der Waals surface area contributed by atoms with Crippen molar-refractivity contribution >= 4 is 5.97 Å². The third-order valence-corrected chi connectivity index (χ3v) is 3.45. The minimum Gasteiger partial charge on any atom is -0.462 e. The summed E-state index contributed by atoms with van der Waals surface area (Å²) >= 11 is 0. The van der Waals surface area contributed by atoms with Crippen LogP contribution in [0.4, 0.5) is 0 Å². The van der Waals surface area contributed by atoms with Gasteiger partial charge in [-0.05, 0) is 25.2 Å². The van der Waals surface area contributed by atoms with Crippen molar-refractivity contribution in [3.8, 4) is 0 Å². The number of carbonyl (C=O) groups is 1. The number of aliphatic hydroxyl groups is 1. The van der Waals surface area contributed by atoms with E-state index in [-0.39, 0.29) is 11.5 Å². The molecule has 0 aliphatic heterocycles. The Hall–Kier alpha value is -0.830. The summed E-state index contributed by atoms with van der Waals surface area (Å²) in [5, 5.41) is 10.1. The van der Waals surface area contributed by atoms with Gasteiger partial charge in [0.2, 0.25) is 0 Å². The lowest BCUT2D eigenvalue weighted by atomic mass is 9.83. The molecule has 0 heterocycles. The van der Waals surface area contributed by atoms with Crippen molar-refractivity contribution in [2.75, 3.05) is 6.61 Å². The van der Waals surface area contributed by atoms with Crippen molar-refractivity contribution in [3.05, 3.63) is 12.2 Å². The van der Waals surface area contributed by atoms with E-state index in [2.05, 4.69) is 6.58 Å². The molecule has 0 radical (unpaired) electrons. The zero-order chi connectivity index (χ0) is 12.7. The fourth-order valence-electron chi connectivity index (χ4n) is 2.26. The Morgan fingerprint density at radius 1 is 1.41 bits per heavy atom. The molecule has 3 nitrogen and oxygen atoms in total. The molecule has 1 rings (SSSR count). The normalized spacial score (nSPS) is 18.7. The Bertz CT molecular complexity index is 254. The highest BCUT2D eigenvalue weighted by Gasteiger charge is 2.27. The predicted molar refractivity (Wildman–Crippen MR) is 67.6 cm³/mol. The van der Waals surface area contributed by atoms with Crippen molar-refractivity contribution in [1.82, 2.24) is 0 Å². The van der Waals surface area contributed by atoms with Gasteiger partial charge in [-0.3, -0.25) is 0 Å². The number of carbonyl (C=O) groups excluding carboxylic acids is 1. The Labute approximate surface area is 104 Å². The molecule has 0 aromatic carbocycles. The van der Waals surface area contributed by atoms with Gasteiger partial charge in [0.15, 0.2) is 0 Å². The van der Waals surface area contributed by atoms with Crippen LogP contribution < -0.4 is 0 Å². The van der Waals surface area contributed by atoms with E-state index in [1.54, 1.807) is 0 Å². The maximum Gasteiger partial charge on any atom is 0.336 e. The van der Waals surface area contributed by atoms with Crippen LogP contribution in [0.1, 0.15) is 51.9 Å². The van der Waals surface area contributed by atoms with Gasteiger partial charge in [-0.2, -0.15) is 0 Å². The summed E-state index contributed by atoms with van der Waals surface area (Å²) < 4.78 is 5.06. The Morgan fingerprint density at radius 3 is 2.65 bits per heavy atom. The monoisotopic (exact) mass is 240 g/mol. The topological polar surface area (TPSA) is 46.5 Å². The molecule has 0 aromatic rings. The molecule has 98 valence electrons. The Kier molecular flexibility index (Phi) is 6.27. The second-order valence-electron chi connectivity index (χ2n) is 4.86. The number of hydrogen-bond acceptors (Lipinski definition) is 3. The van der Waals surface area contributed by atoms with Gasteiger partial charge in [0.1, 0.15) is 0 Å². The van der Waals surface area contributed by atoms with Crippen LogP contribution in [-0.4, -0.2) is 23.8 Å². The number of esters is 1. The van der Waals surface area contributed by atoms with Gasteiger partial charge in [0.05, 0.1) is 18.3 Å². The van der Waals surface area contributed by atoms with Gasteiger partial charge in [-0.25, -0.2) is 4.79 Å². The molecular formula is C14H24O3. The molecule has 1 N–H and O–H groups in total. The molecule has 1 aliphatic rings. The Morgan fingerprint density at radius 2 is 2.06 bits per heavy atom. The summed E-state index contributed by atoms with van der Waals surface area (Å²) in [4.78, 5) is 11.6. The van der Waals surface area contributed by atoms with Gasteiger partial charge in [-0.1, -0.05) is 39.2 Å². The highest BCUT2D eigenvalue weighted by molar-refractivity contribution is 5.88. The fourth-order valence-corrected chi connectivity index (χ4v) is 2.26. The lowest BCUT2D eigenvalue weighted by Crippen LogP contribution is -2.29. The molecule has 3 heteroatoms. The molecule has 1 aliphatic carbocycles. The molecule has 0 amide bonds. The lowest BCUT2D eigenvalue weighted by molar-refractivity contribution is -0.140. The van der Waals surface area contributed by atoms with Gasteiger partial charge in [0.25, 0.3) is 0 Å². The molecule has 1 fully saturated rings. The SMILES string of the molecule is C=C(C(=O)OCCCC)C(O)C1CCCCC1. The molecule has 17 heavy (non-hydrogen) atoms. The molecular weight excluding hydrogens is 216 g/mol. The third-order valence-electron chi connectivity index (χ3n) is 3.45. The third kappa shape index (κ3) is 4.50. The van der Waals surface area contributed by atoms with Crippen molar-refractivity contribution in [2.24, 2.45) is 5.92 Å². The summed E-state index contributed by atoms with van der Waals surface area (Å²) in [5.74, 6) is -0.244. The minimum atomic E-state index is -0.718. The van der Waals surface area contributed by atoms with Crippen molar-refractivity contribution in [1.29, 1.82) is 0 Å². The zero-order valence-corrected chi connectivity index (χ0v) is 10.8. The van der Waals surface area contributed by atoms with Crippen molar-refractivity contribution in [3.63, 3.8) is 0 Å². The van der Waals surface area contributed by atoms with E-state index in [1.165, 1.54) is 6.42 Å². The van der Waals surface area contributed by atoms with E-state index in [4.69, 9.17) is 4.74 Å². The number of hydrogen-bond donors (Lipinski definition) is 1. The molecule has 0 bridgehead atoms. The van der Waals surface area contributed by atoms with Crippen molar-refractivity contribution < 1.29 is 14.6 Å². The molecule has 0 aromatic heterocycles. The van der Waals surface area contributed by atoms with Crippen LogP contribution in [0, 0.1) is 5.92 Å².